The Balaban J connectivity index is 0.00000264. The SMILES string of the molecule is Cl.Oc1ccc(OCCNCC(O)COc2ccccc2)cc1. The Morgan fingerprint density at radius 3 is 2.26 bits per heavy atom. The maximum absolute atomic E-state index is 9.80. The maximum Gasteiger partial charge on any atom is 0.119 e. The van der Waals surface area contributed by atoms with E-state index in [4.69, 9.17) is 14.6 Å². The first kappa shape index (κ1) is 19.1. The molecule has 0 saturated heterocycles. The van der Waals surface area contributed by atoms with Crippen molar-refractivity contribution < 1.29 is 19.7 Å². The van der Waals surface area contributed by atoms with Crippen molar-refractivity contribution in [1.29, 1.82) is 0 Å². The average molecular weight is 340 g/mol. The Morgan fingerprint density at radius 1 is 0.913 bits per heavy atom. The van der Waals surface area contributed by atoms with Crippen LogP contribution in [-0.4, -0.2) is 42.6 Å². The van der Waals surface area contributed by atoms with Crippen LogP contribution < -0.4 is 14.8 Å². The summed E-state index contributed by atoms with van der Waals surface area (Å²) in [5.41, 5.74) is 0. The van der Waals surface area contributed by atoms with Gasteiger partial charge in [-0.15, -0.1) is 12.4 Å². The Hall–Kier alpha value is -1.95. The van der Waals surface area contributed by atoms with E-state index in [1.165, 1.54) is 0 Å². The lowest BCUT2D eigenvalue weighted by Gasteiger charge is -2.13. The summed E-state index contributed by atoms with van der Waals surface area (Å²) in [6.07, 6.45) is -0.575. The molecular formula is C17H22ClNO4. The molecule has 2 aromatic carbocycles. The lowest BCUT2D eigenvalue weighted by atomic mass is 10.3. The largest absolute Gasteiger partial charge is 0.508 e. The second-order valence-electron chi connectivity index (χ2n) is 4.82. The van der Waals surface area contributed by atoms with E-state index in [0.717, 1.165) is 5.75 Å². The number of aliphatic hydroxyl groups excluding tert-OH is 1. The van der Waals surface area contributed by atoms with Gasteiger partial charge < -0.3 is 25.0 Å². The summed E-state index contributed by atoms with van der Waals surface area (Å²) in [7, 11) is 0. The summed E-state index contributed by atoms with van der Waals surface area (Å²) in [5.74, 6) is 1.66. The second kappa shape index (κ2) is 10.7. The molecule has 2 rings (SSSR count). The van der Waals surface area contributed by atoms with E-state index in [0.29, 0.717) is 25.4 Å². The fraction of sp³-hybridized carbons (Fsp3) is 0.294. The van der Waals surface area contributed by atoms with Crippen LogP contribution in [0.25, 0.3) is 0 Å². The normalized spacial score (nSPS) is 11.3. The molecule has 6 heteroatoms. The molecule has 2 aromatic rings. The molecule has 0 heterocycles. The van der Waals surface area contributed by atoms with E-state index in [1.54, 1.807) is 24.3 Å². The van der Waals surface area contributed by atoms with E-state index < -0.39 is 6.10 Å². The number of hydrogen-bond acceptors (Lipinski definition) is 5. The van der Waals surface area contributed by atoms with E-state index in [2.05, 4.69) is 5.32 Å². The van der Waals surface area contributed by atoms with Gasteiger partial charge in [0, 0.05) is 13.1 Å². The molecule has 0 bridgehead atoms. The van der Waals surface area contributed by atoms with E-state index in [-0.39, 0.29) is 24.8 Å². The number of rotatable bonds is 9. The molecule has 1 atom stereocenters. The van der Waals surface area contributed by atoms with Crippen molar-refractivity contribution in [1.82, 2.24) is 5.32 Å². The molecule has 0 aliphatic rings. The third kappa shape index (κ3) is 7.74. The van der Waals surface area contributed by atoms with Crippen LogP contribution in [0.5, 0.6) is 17.2 Å². The molecule has 0 spiro atoms. The number of para-hydroxylation sites is 1. The smallest absolute Gasteiger partial charge is 0.119 e. The van der Waals surface area contributed by atoms with Crippen molar-refractivity contribution in [3.05, 3.63) is 54.6 Å². The number of nitrogens with one attached hydrogen (secondary N) is 1. The van der Waals surface area contributed by atoms with Crippen molar-refractivity contribution in [3.63, 3.8) is 0 Å². The van der Waals surface area contributed by atoms with Crippen molar-refractivity contribution >= 4 is 12.4 Å². The van der Waals surface area contributed by atoms with Gasteiger partial charge in [-0.25, -0.2) is 0 Å². The number of halogens is 1. The van der Waals surface area contributed by atoms with E-state index in [9.17, 15) is 5.11 Å². The summed E-state index contributed by atoms with van der Waals surface area (Å²) < 4.78 is 10.9. The van der Waals surface area contributed by atoms with Gasteiger partial charge in [-0.3, -0.25) is 0 Å². The highest BCUT2D eigenvalue weighted by Gasteiger charge is 2.04. The summed E-state index contributed by atoms with van der Waals surface area (Å²) in [4.78, 5) is 0. The van der Waals surface area contributed by atoms with Gasteiger partial charge in [0.1, 0.15) is 36.6 Å². The highest BCUT2D eigenvalue weighted by atomic mass is 35.5. The minimum atomic E-state index is -0.575. The molecule has 3 N–H and O–H groups in total. The first-order chi connectivity index (χ1) is 10.7. The molecule has 0 fully saturated rings. The van der Waals surface area contributed by atoms with Crippen molar-refractivity contribution in [3.8, 4) is 17.2 Å². The Labute approximate surface area is 142 Å². The number of aromatic hydroxyl groups is 1. The molecule has 126 valence electrons. The Kier molecular flexibility index (Phi) is 8.90. The number of aliphatic hydroxyl groups is 1. The molecule has 23 heavy (non-hydrogen) atoms. The van der Waals surface area contributed by atoms with Crippen LogP contribution in [0.2, 0.25) is 0 Å². The van der Waals surface area contributed by atoms with Crippen LogP contribution in [-0.2, 0) is 0 Å². The zero-order valence-electron chi connectivity index (χ0n) is 12.7. The first-order valence-corrected chi connectivity index (χ1v) is 7.22. The van der Waals surface area contributed by atoms with Gasteiger partial charge >= 0.3 is 0 Å². The topological polar surface area (TPSA) is 71.0 Å². The summed E-state index contributed by atoms with van der Waals surface area (Å²) in [6.45, 7) is 1.78. The predicted octanol–water partition coefficient (Wildman–Crippen LogP) is 2.22. The number of benzene rings is 2. The predicted molar refractivity (Wildman–Crippen MR) is 91.7 cm³/mol. The number of phenolic OH excluding ortho intramolecular Hbond substituents is 1. The van der Waals surface area contributed by atoms with Crippen molar-refractivity contribution in [2.75, 3.05) is 26.3 Å². The minimum Gasteiger partial charge on any atom is -0.508 e. The first-order valence-electron chi connectivity index (χ1n) is 7.22. The molecule has 1 unspecified atom stereocenters. The van der Waals surface area contributed by atoms with Gasteiger partial charge in [0.2, 0.25) is 0 Å². The third-order valence-corrected chi connectivity index (χ3v) is 2.95. The van der Waals surface area contributed by atoms with Gasteiger partial charge in [-0.2, -0.15) is 0 Å². The van der Waals surface area contributed by atoms with Crippen LogP contribution in [0.3, 0.4) is 0 Å². The van der Waals surface area contributed by atoms with Crippen molar-refractivity contribution in [2.24, 2.45) is 0 Å². The third-order valence-electron chi connectivity index (χ3n) is 2.95. The lowest BCUT2D eigenvalue weighted by molar-refractivity contribution is 0.105. The molecule has 0 aliphatic heterocycles. The van der Waals surface area contributed by atoms with Crippen LogP contribution in [0.15, 0.2) is 54.6 Å². The molecule has 0 aromatic heterocycles. The fourth-order valence-corrected chi connectivity index (χ4v) is 1.82. The zero-order chi connectivity index (χ0) is 15.6. The van der Waals surface area contributed by atoms with Crippen LogP contribution >= 0.6 is 12.4 Å². The Morgan fingerprint density at radius 2 is 1.57 bits per heavy atom. The number of phenols is 1. The van der Waals surface area contributed by atoms with Crippen LogP contribution in [0, 0.1) is 0 Å². The highest BCUT2D eigenvalue weighted by Crippen LogP contribution is 2.15. The van der Waals surface area contributed by atoms with Gasteiger partial charge in [-0.05, 0) is 36.4 Å². The van der Waals surface area contributed by atoms with Crippen LogP contribution in [0.4, 0.5) is 0 Å². The van der Waals surface area contributed by atoms with E-state index in [1.807, 2.05) is 30.3 Å². The average Bonchev–Trinajstić information content (AvgIpc) is 2.55. The number of hydrogen-bond donors (Lipinski definition) is 3. The van der Waals surface area contributed by atoms with Crippen molar-refractivity contribution in [2.45, 2.75) is 6.10 Å². The van der Waals surface area contributed by atoms with Gasteiger partial charge in [0.25, 0.3) is 0 Å². The maximum atomic E-state index is 9.80. The molecule has 5 nitrogen and oxygen atoms in total. The van der Waals surface area contributed by atoms with Gasteiger partial charge in [0.15, 0.2) is 0 Å². The summed E-state index contributed by atoms with van der Waals surface area (Å²) in [5, 5.41) is 22.1. The lowest BCUT2D eigenvalue weighted by Crippen LogP contribution is -2.33. The van der Waals surface area contributed by atoms with Crippen LogP contribution in [0.1, 0.15) is 0 Å². The fourth-order valence-electron chi connectivity index (χ4n) is 1.82. The quantitative estimate of drug-likeness (QED) is 0.611. The minimum absolute atomic E-state index is 0. The molecular weight excluding hydrogens is 318 g/mol. The second-order valence-corrected chi connectivity index (χ2v) is 4.82. The summed E-state index contributed by atoms with van der Waals surface area (Å²) >= 11 is 0. The summed E-state index contributed by atoms with van der Waals surface area (Å²) in [6, 6.07) is 16.0. The Bertz CT molecular complexity index is 536. The van der Waals surface area contributed by atoms with Gasteiger partial charge in [-0.1, -0.05) is 18.2 Å². The molecule has 0 aliphatic carbocycles. The van der Waals surface area contributed by atoms with Gasteiger partial charge in [0.05, 0.1) is 0 Å². The standard InChI is InChI=1S/C17H21NO4.ClH/c19-14-6-8-17(9-7-14)21-11-10-18-12-15(20)13-22-16-4-2-1-3-5-16;/h1-9,15,18-20H,10-13H2;1H. The molecule has 0 amide bonds. The van der Waals surface area contributed by atoms with E-state index >= 15 is 0 Å². The number of ether oxygens (including phenoxy) is 2. The monoisotopic (exact) mass is 339 g/mol. The zero-order valence-corrected chi connectivity index (χ0v) is 13.5. The highest BCUT2D eigenvalue weighted by molar-refractivity contribution is 5.85. The molecule has 0 saturated carbocycles. The molecule has 0 radical (unpaired) electrons.